The number of sulfone groups is 1. The average Bonchev–Trinajstić information content (AvgIpc) is 2.28. The number of rotatable bonds is 2. The maximum Gasteiger partial charge on any atom is 0.175 e. The molecule has 1 heterocycles. The van der Waals surface area contributed by atoms with E-state index in [4.69, 9.17) is 0 Å². The summed E-state index contributed by atoms with van der Waals surface area (Å²) in [6.45, 7) is 0. The molecule has 0 radical (unpaired) electrons. The van der Waals surface area contributed by atoms with Gasteiger partial charge in [0.15, 0.2) is 15.7 Å². The number of hydrogen-bond donors (Lipinski definition) is 0. The molecule has 94 valence electrons. The van der Waals surface area contributed by atoms with E-state index in [1.165, 1.54) is 24.3 Å². The molecule has 6 heteroatoms. The van der Waals surface area contributed by atoms with Gasteiger partial charge in [-0.1, -0.05) is 12.1 Å². The van der Waals surface area contributed by atoms with Crippen molar-refractivity contribution in [2.45, 2.75) is 4.90 Å². The molecule has 0 spiro atoms. The molecule has 2 rings (SSSR count). The summed E-state index contributed by atoms with van der Waals surface area (Å²) in [6.07, 6.45) is 1.94. The minimum Gasteiger partial charge on any atom is -0.250 e. The van der Waals surface area contributed by atoms with Gasteiger partial charge in [-0.3, -0.25) is 4.98 Å². The third-order valence-electron chi connectivity index (χ3n) is 2.34. The molecule has 0 N–H and O–H groups in total. The number of pyridine rings is 1. The van der Waals surface area contributed by atoms with Gasteiger partial charge in [-0.05, 0) is 12.1 Å². The monoisotopic (exact) mass is 269 g/mol. The molecule has 0 aliphatic rings. The molecule has 0 unspecified atom stereocenters. The van der Waals surface area contributed by atoms with Crippen LogP contribution in [0, 0.1) is 11.6 Å². The molecule has 1 aromatic heterocycles. The van der Waals surface area contributed by atoms with E-state index in [0.717, 1.165) is 12.5 Å². The molecule has 0 fully saturated rings. The Labute approximate surface area is 103 Å². The van der Waals surface area contributed by atoms with Crippen molar-refractivity contribution in [2.24, 2.45) is 0 Å². The molecule has 0 aliphatic heterocycles. The Balaban J connectivity index is 2.58. The van der Waals surface area contributed by atoms with Crippen LogP contribution in [0.5, 0.6) is 0 Å². The molecule has 0 atom stereocenters. The summed E-state index contributed by atoms with van der Waals surface area (Å²) in [5, 5.41) is 0. The van der Waals surface area contributed by atoms with Crippen molar-refractivity contribution in [2.75, 3.05) is 6.26 Å². The Morgan fingerprint density at radius 3 is 2.50 bits per heavy atom. The van der Waals surface area contributed by atoms with E-state index in [2.05, 4.69) is 4.98 Å². The van der Waals surface area contributed by atoms with E-state index in [0.29, 0.717) is 6.07 Å². The maximum absolute atomic E-state index is 13.5. The van der Waals surface area contributed by atoms with Crippen LogP contribution < -0.4 is 0 Å². The van der Waals surface area contributed by atoms with Crippen LogP contribution in [0.1, 0.15) is 0 Å². The second kappa shape index (κ2) is 4.45. The summed E-state index contributed by atoms with van der Waals surface area (Å²) in [6, 6.07) is 6.41. The van der Waals surface area contributed by atoms with Gasteiger partial charge in [0, 0.05) is 17.9 Å². The normalized spacial score (nSPS) is 11.5. The third-order valence-corrected chi connectivity index (χ3v) is 3.45. The molecule has 2 aromatic rings. The number of aromatic nitrogens is 1. The van der Waals surface area contributed by atoms with Gasteiger partial charge in [0.25, 0.3) is 0 Å². The summed E-state index contributed by atoms with van der Waals surface area (Å²) in [5.41, 5.74) is 0.206. The first kappa shape index (κ1) is 12.6. The Hall–Kier alpha value is -1.82. The van der Waals surface area contributed by atoms with E-state index in [-0.39, 0.29) is 16.2 Å². The van der Waals surface area contributed by atoms with E-state index in [9.17, 15) is 17.2 Å². The lowest BCUT2D eigenvalue weighted by Gasteiger charge is -2.04. The Morgan fingerprint density at radius 2 is 1.89 bits per heavy atom. The molecule has 0 saturated heterocycles. The SMILES string of the molecule is CS(=O)(=O)c1cccc(-c2ncc(F)cc2F)c1. The van der Waals surface area contributed by atoms with E-state index < -0.39 is 21.5 Å². The van der Waals surface area contributed by atoms with Gasteiger partial charge in [-0.15, -0.1) is 0 Å². The average molecular weight is 269 g/mol. The van der Waals surface area contributed by atoms with Crippen LogP contribution >= 0.6 is 0 Å². The van der Waals surface area contributed by atoms with Gasteiger partial charge in [0.2, 0.25) is 0 Å². The zero-order valence-corrected chi connectivity index (χ0v) is 10.2. The first-order valence-corrected chi connectivity index (χ1v) is 6.88. The van der Waals surface area contributed by atoms with Crippen LogP contribution in [0.15, 0.2) is 41.4 Å². The highest BCUT2D eigenvalue weighted by Gasteiger charge is 2.12. The summed E-state index contributed by atoms with van der Waals surface area (Å²) in [7, 11) is -3.38. The van der Waals surface area contributed by atoms with Crippen molar-refractivity contribution in [1.82, 2.24) is 4.98 Å². The van der Waals surface area contributed by atoms with Crippen molar-refractivity contribution < 1.29 is 17.2 Å². The quantitative estimate of drug-likeness (QED) is 0.841. The van der Waals surface area contributed by atoms with Crippen molar-refractivity contribution in [1.29, 1.82) is 0 Å². The van der Waals surface area contributed by atoms with Crippen molar-refractivity contribution in [3.63, 3.8) is 0 Å². The Bertz CT molecular complexity index is 699. The van der Waals surface area contributed by atoms with Crippen LogP contribution in [0.4, 0.5) is 8.78 Å². The lowest BCUT2D eigenvalue weighted by molar-refractivity contribution is 0.576. The smallest absolute Gasteiger partial charge is 0.175 e. The molecule has 0 aliphatic carbocycles. The number of benzene rings is 1. The second-order valence-corrected chi connectivity index (χ2v) is 5.80. The fraction of sp³-hybridized carbons (Fsp3) is 0.0833. The fourth-order valence-corrected chi connectivity index (χ4v) is 2.17. The standard InChI is InChI=1S/C12H9F2NO2S/c1-18(16,17)10-4-2-3-8(5-10)12-11(14)6-9(13)7-15-12/h2-7H,1H3. The van der Waals surface area contributed by atoms with Gasteiger partial charge >= 0.3 is 0 Å². The van der Waals surface area contributed by atoms with Gasteiger partial charge < -0.3 is 0 Å². The molecule has 0 bridgehead atoms. The van der Waals surface area contributed by atoms with Crippen molar-refractivity contribution in [3.05, 3.63) is 48.2 Å². The first-order valence-electron chi connectivity index (χ1n) is 4.99. The van der Waals surface area contributed by atoms with Gasteiger partial charge in [0.05, 0.1) is 11.1 Å². The zero-order valence-electron chi connectivity index (χ0n) is 9.39. The van der Waals surface area contributed by atoms with Crippen LogP contribution in [-0.2, 0) is 9.84 Å². The van der Waals surface area contributed by atoms with Crippen LogP contribution in [-0.4, -0.2) is 19.7 Å². The molecular formula is C12H9F2NO2S. The number of halogens is 2. The Kier molecular flexibility index (Phi) is 3.13. The van der Waals surface area contributed by atoms with Crippen LogP contribution in [0.25, 0.3) is 11.3 Å². The van der Waals surface area contributed by atoms with Crippen LogP contribution in [0.3, 0.4) is 0 Å². The van der Waals surface area contributed by atoms with E-state index in [1.54, 1.807) is 0 Å². The molecule has 3 nitrogen and oxygen atoms in total. The maximum atomic E-state index is 13.5. The van der Waals surface area contributed by atoms with Crippen molar-refractivity contribution >= 4 is 9.84 Å². The van der Waals surface area contributed by atoms with E-state index >= 15 is 0 Å². The summed E-state index contributed by atoms with van der Waals surface area (Å²) in [4.78, 5) is 3.69. The molecule has 0 amide bonds. The summed E-state index contributed by atoms with van der Waals surface area (Å²) >= 11 is 0. The fourth-order valence-electron chi connectivity index (χ4n) is 1.50. The second-order valence-electron chi connectivity index (χ2n) is 3.78. The predicted molar refractivity (Wildman–Crippen MR) is 62.7 cm³/mol. The lowest BCUT2D eigenvalue weighted by atomic mass is 10.1. The summed E-state index contributed by atoms with van der Waals surface area (Å²) in [5.74, 6) is -1.61. The number of hydrogen-bond acceptors (Lipinski definition) is 3. The molecule has 1 aromatic carbocycles. The largest absolute Gasteiger partial charge is 0.250 e. The zero-order chi connectivity index (χ0) is 13.3. The highest BCUT2D eigenvalue weighted by atomic mass is 32.2. The summed E-state index contributed by atoms with van der Waals surface area (Å²) < 4.78 is 49.0. The molecule has 18 heavy (non-hydrogen) atoms. The van der Waals surface area contributed by atoms with E-state index in [1.807, 2.05) is 0 Å². The highest BCUT2D eigenvalue weighted by molar-refractivity contribution is 7.90. The Morgan fingerprint density at radius 1 is 1.17 bits per heavy atom. The number of nitrogens with zero attached hydrogens (tertiary/aromatic N) is 1. The topological polar surface area (TPSA) is 47.0 Å². The molecule has 0 saturated carbocycles. The minimum atomic E-state index is -3.38. The van der Waals surface area contributed by atoms with Crippen LogP contribution in [0.2, 0.25) is 0 Å². The van der Waals surface area contributed by atoms with Crippen molar-refractivity contribution in [3.8, 4) is 11.3 Å². The molecular weight excluding hydrogens is 260 g/mol. The highest BCUT2D eigenvalue weighted by Crippen LogP contribution is 2.23. The minimum absolute atomic E-state index is 0.0607. The lowest BCUT2D eigenvalue weighted by Crippen LogP contribution is -1.98. The first-order chi connectivity index (χ1) is 8.38. The predicted octanol–water partition coefficient (Wildman–Crippen LogP) is 2.43. The van der Waals surface area contributed by atoms with Gasteiger partial charge in [-0.2, -0.15) is 0 Å². The van der Waals surface area contributed by atoms with Gasteiger partial charge in [0.1, 0.15) is 11.5 Å². The third kappa shape index (κ3) is 2.53. The van der Waals surface area contributed by atoms with Gasteiger partial charge in [-0.25, -0.2) is 17.2 Å².